The second-order valence-corrected chi connectivity index (χ2v) is 7.43. The van der Waals surface area contributed by atoms with Crippen molar-refractivity contribution in [3.8, 4) is 5.75 Å². The number of aryl methyl sites for hydroxylation is 2. The van der Waals surface area contributed by atoms with Crippen molar-refractivity contribution in [1.82, 2.24) is 9.80 Å². The molecule has 1 aromatic carbocycles. The second-order valence-electron chi connectivity index (χ2n) is 7.43. The van der Waals surface area contributed by atoms with Crippen LogP contribution in [-0.4, -0.2) is 59.3 Å². The van der Waals surface area contributed by atoms with Gasteiger partial charge in [0.05, 0.1) is 6.61 Å². The van der Waals surface area contributed by atoms with Gasteiger partial charge in [-0.1, -0.05) is 44.7 Å². The number of hydrogen-bond acceptors (Lipinski definition) is 4. The van der Waals surface area contributed by atoms with Gasteiger partial charge in [0, 0.05) is 39.3 Å². The highest BCUT2D eigenvalue weighted by Gasteiger charge is 2.17. The molecule has 2 rings (SSSR count). The van der Waals surface area contributed by atoms with Crippen molar-refractivity contribution in [3.05, 3.63) is 28.8 Å². The molecule has 4 heteroatoms. The SMILES string of the molecule is CCCCCCCc1cc(CN2CCN(CCO)CC2)cc(C)c1O. The topological polar surface area (TPSA) is 46.9 Å². The second kappa shape index (κ2) is 10.8. The fourth-order valence-corrected chi connectivity index (χ4v) is 3.71. The summed E-state index contributed by atoms with van der Waals surface area (Å²) >= 11 is 0. The number of aliphatic hydroxyl groups excluding tert-OH is 1. The Morgan fingerprint density at radius 2 is 1.64 bits per heavy atom. The standard InChI is InChI=1S/C21H36N2O2/c1-3-4-5-6-7-8-20-16-19(15-18(2)21(20)25)17-23-11-9-22(10-12-23)13-14-24/h15-16,24-25H,3-14,17H2,1-2H3. The molecular weight excluding hydrogens is 312 g/mol. The van der Waals surface area contributed by atoms with E-state index in [9.17, 15) is 5.11 Å². The minimum Gasteiger partial charge on any atom is -0.507 e. The molecule has 1 aromatic rings. The van der Waals surface area contributed by atoms with E-state index in [1.165, 1.54) is 31.2 Å². The van der Waals surface area contributed by atoms with E-state index in [4.69, 9.17) is 5.11 Å². The highest BCUT2D eigenvalue weighted by molar-refractivity contribution is 5.43. The summed E-state index contributed by atoms with van der Waals surface area (Å²) in [5, 5.41) is 19.4. The van der Waals surface area contributed by atoms with Crippen LogP contribution in [0.25, 0.3) is 0 Å². The Morgan fingerprint density at radius 3 is 2.32 bits per heavy atom. The zero-order chi connectivity index (χ0) is 18.1. The molecule has 0 amide bonds. The van der Waals surface area contributed by atoms with E-state index in [1.54, 1.807) is 0 Å². The van der Waals surface area contributed by atoms with Crippen LogP contribution < -0.4 is 0 Å². The molecule has 1 saturated heterocycles. The van der Waals surface area contributed by atoms with Crippen LogP contribution in [0.5, 0.6) is 5.75 Å². The van der Waals surface area contributed by atoms with Crippen LogP contribution >= 0.6 is 0 Å². The third kappa shape index (κ3) is 6.61. The van der Waals surface area contributed by atoms with E-state index in [1.807, 2.05) is 6.92 Å². The summed E-state index contributed by atoms with van der Waals surface area (Å²) in [5.41, 5.74) is 3.43. The molecule has 0 aromatic heterocycles. The van der Waals surface area contributed by atoms with Crippen molar-refractivity contribution < 1.29 is 10.2 Å². The number of unbranched alkanes of at least 4 members (excludes halogenated alkanes) is 4. The lowest BCUT2D eigenvalue weighted by atomic mass is 9.99. The van der Waals surface area contributed by atoms with E-state index in [0.717, 1.165) is 63.2 Å². The molecular formula is C21H36N2O2. The molecule has 0 spiro atoms. The number of aliphatic hydroxyl groups is 1. The Balaban J connectivity index is 1.88. The van der Waals surface area contributed by atoms with E-state index < -0.39 is 0 Å². The van der Waals surface area contributed by atoms with Crippen molar-refractivity contribution >= 4 is 0 Å². The van der Waals surface area contributed by atoms with Crippen molar-refractivity contribution in [2.75, 3.05) is 39.3 Å². The molecule has 142 valence electrons. The minimum absolute atomic E-state index is 0.249. The molecule has 2 N–H and O–H groups in total. The molecule has 0 atom stereocenters. The maximum atomic E-state index is 10.4. The predicted molar refractivity (Wildman–Crippen MR) is 104 cm³/mol. The number of hydrogen-bond donors (Lipinski definition) is 2. The van der Waals surface area contributed by atoms with Crippen molar-refractivity contribution in [3.63, 3.8) is 0 Å². The number of rotatable bonds is 10. The number of benzene rings is 1. The first-order chi connectivity index (χ1) is 12.1. The summed E-state index contributed by atoms with van der Waals surface area (Å²) in [7, 11) is 0. The molecule has 0 unspecified atom stereocenters. The molecule has 1 fully saturated rings. The lowest BCUT2D eigenvalue weighted by molar-refractivity contribution is 0.108. The zero-order valence-electron chi connectivity index (χ0n) is 16.1. The quantitative estimate of drug-likeness (QED) is 0.637. The Bertz CT molecular complexity index is 511. The van der Waals surface area contributed by atoms with Crippen molar-refractivity contribution in [1.29, 1.82) is 0 Å². The van der Waals surface area contributed by atoms with Gasteiger partial charge in [0.2, 0.25) is 0 Å². The summed E-state index contributed by atoms with van der Waals surface area (Å²) in [5.74, 6) is 0.493. The van der Waals surface area contributed by atoms with E-state index in [0.29, 0.717) is 5.75 Å². The third-order valence-corrected chi connectivity index (χ3v) is 5.28. The average molecular weight is 349 g/mol. The highest BCUT2D eigenvalue weighted by atomic mass is 16.3. The molecule has 1 heterocycles. The molecule has 0 radical (unpaired) electrons. The van der Waals surface area contributed by atoms with Crippen molar-refractivity contribution in [2.45, 2.75) is 58.9 Å². The molecule has 1 aliphatic heterocycles. The van der Waals surface area contributed by atoms with Gasteiger partial charge in [-0.2, -0.15) is 0 Å². The molecule has 0 bridgehead atoms. The Morgan fingerprint density at radius 1 is 0.960 bits per heavy atom. The van der Waals surface area contributed by atoms with Gasteiger partial charge in [0.25, 0.3) is 0 Å². The van der Waals surface area contributed by atoms with Crippen LogP contribution in [0, 0.1) is 6.92 Å². The van der Waals surface area contributed by atoms with Crippen LogP contribution in [0.2, 0.25) is 0 Å². The smallest absolute Gasteiger partial charge is 0.121 e. The van der Waals surface area contributed by atoms with Gasteiger partial charge in [-0.05, 0) is 36.5 Å². The van der Waals surface area contributed by atoms with Gasteiger partial charge in [-0.15, -0.1) is 0 Å². The first kappa shape index (κ1) is 20.2. The van der Waals surface area contributed by atoms with Crippen molar-refractivity contribution in [2.24, 2.45) is 0 Å². The maximum Gasteiger partial charge on any atom is 0.121 e. The largest absolute Gasteiger partial charge is 0.507 e. The fraction of sp³-hybridized carbons (Fsp3) is 0.714. The van der Waals surface area contributed by atoms with Gasteiger partial charge in [-0.3, -0.25) is 9.80 Å². The van der Waals surface area contributed by atoms with Gasteiger partial charge >= 0.3 is 0 Å². The van der Waals surface area contributed by atoms with Gasteiger partial charge in [0.15, 0.2) is 0 Å². The molecule has 4 nitrogen and oxygen atoms in total. The van der Waals surface area contributed by atoms with Gasteiger partial charge < -0.3 is 10.2 Å². The zero-order valence-corrected chi connectivity index (χ0v) is 16.1. The van der Waals surface area contributed by atoms with Crippen LogP contribution in [-0.2, 0) is 13.0 Å². The molecule has 0 aliphatic carbocycles. The number of phenols is 1. The first-order valence-electron chi connectivity index (χ1n) is 10.0. The first-order valence-corrected chi connectivity index (χ1v) is 10.0. The number of aromatic hydroxyl groups is 1. The van der Waals surface area contributed by atoms with Gasteiger partial charge in [-0.25, -0.2) is 0 Å². The minimum atomic E-state index is 0.249. The molecule has 1 aliphatic rings. The van der Waals surface area contributed by atoms with Crippen LogP contribution in [0.4, 0.5) is 0 Å². The summed E-state index contributed by atoms with van der Waals surface area (Å²) in [6.45, 7) is 10.4. The number of nitrogens with zero attached hydrogens (tertiary/aromatic N) is 2. The lowest BCUT2D eigenvalue weighted by Gasteiger charge is -2.34. The lowest BCUT2D eigenvalue weighted by Crippen LogP contribution is -2.46. The normalized spacial score (nSPS) is 16.4. The monoisotopic (exact) mass is 348 g/mol. The van der Waals surface area contributed by atoms with Gasteiger partial charge in [0.1, 0.15) is 5.75 Å². The fourth-order valence-electron chi connectivity index (χ4n) is 3.71. The summed E-state index contributed by atoms with van der Waals surface area (Å²) in [4.78, 5) is 4.80. The maximum absolute atomic E-state index is 10.4. The summed E-state index contributed by atoms with van der Waals surface area (Å²) < 4.78 is 0. The van der Waals surface area contributed by atoms with E-state index in [-0.39, 0.29) is 6.61 Å². The number of phenolic OH excluding ortho intramolecular Hbond substituents is 1. The highest BCUT2D eigenvalue weighted by Crippen LogP contribution is 2.26. The van der Waals surface area contributed by atoms with Crippen LogP contribution in [0.15, 0.2) is 12.1 Å². The summed E-state index contributed by atoms with van der Waals surface area (Å²) in [6.07, 6.45) is 7.28. The molecule has 0 saturated carbocycles. The van der Waals surface area contributed by atoms with E-state index >= 15 is 0 Å². The third-order valence-electron chi connectivity index (χ3n) is 5.28. The Labute approximate surface area is 153 Å². The number of β-amino-alcohol motifs (C(OH)–C–C–N with tert-alkyl or cyclic N) is 1. The van der Waals surface area contributed by atoms with Crippen LogP contribution in [0.1, 0.15) is 55.7 Å². The molecule has 25 heavy (non-hydrogen) atoms. The van der Waals surface area contributed by atoms with E-state index in [2.05, 4.69) is 28.9 Å². The number of piperazine rings is 1. The predicted octanol–water partition coefficient (Wildman–Crippen LogP) is 3.32. The van der Waals surface area contributed by atoms with Crippen LogP contribution in [0.3, 0.4) is 0 Å². The average Bonchev–Trinajstić information content (AvgIpc) is 2.60. The Hall–Kier alpha value is -1.10. The summed E-state index contributed by atoms with van der Waals surface area (Å²) in [6, 6.07) is 4.35. The Kier molecular flexibility index (Phi) is 8.73.